The van der Waals surface area contributed by atoms with Gasteiger partial charge in [0, 0.05) is 56.5 Å². The summed E-state index contributed by atoms with van der Waals surface area (Å²) < 4.78 is 2.64. The van der Waals surface area contributed by atoms with Crippen LogP contribution in [-0.2, 0) is 13.1 Å². The molecule has 22 heavy (non-hydrogen) atoms. The van der Waals surface area contributed by atoms with E-state index in [0.29, 0.717) is 13.1 Å². The number of β-amino-alcohol motifs (C(OH)–C–C–N with tert-alkyl or cyclic N) is 1. The molecule has 0 spiro atoms. The number of rotatable bonds is 6. The molecule has 5 nitrogen and oxygen atoms in total. The number of aliphatic hydroxyl groups excluding tert-OH is 1. The van der Waals surface area contributed by atoms with Crippen LogP contribution in [0.1, 0.15) is 4.88 Å². The molecule has 120 valence electrons. The maximum absolute atomic E-state index is 10.1. The normalized spacial score (nSPS) is 18.6. The number of piperazine rings is 1. The summed E-state index contributed by atoms with van der Waals surface area (Å²) in [5.41, 5.74) is 0. The number of hydrogen-bond acceptors (Lipinski definition) is 5. The van der Waals surface area contributed by atoms with Crippen LogP contribution >= 0.6 is 22.9 Å². The van der Waals surface area contributed by atoms with Crippen LogP contribution in [0.5, 0.6) is 0 Å². The van der Waals surface area contributed by atoms with Crippen LogP contribution in [0.25, 0.3) is 0 Å². The van der Waals surface area contributed by atoms with Gasteiger partial charge in [-0.3, -0.25) is 14.5 Å². The summed E-state index contributed by atoms with van der Waals surface area (Å²) in [7, 11) is 0. The Kier molecular flexibility index (Phi) is 5.49. The minimum Gasteiger partial charge on any atom is -0.390 e. The average Bonchev–Trinajstić information content (AvgIpc) is 3.13. The predicted molar refractivity (Wildman–Crippen MR) is 89.3 cm³/mol. The number of nitrogens with zero attached hydrogens (tertiary/aromatic N) is 4. The minimum atomic E-state index is -0.373. The highest BCUT2D eigenvalue weighted by molar-refractivity contribution is 7.16. The summed E-state index contributed by atoms with van der Waals surface area (Å²) in [5.74, 6) is 0. The van der Waals surface area contributed by atoms with E-state index in [9.17, 15) is 5.11 Å². The summed E-state index contributed by atoms with van der Waals surface area (Å²) in [6, 6.07) is 5.94. The van der Waals surface area contributed by atoms with Crippen molar-refractivity contribution in [3.63, 3.8) is 0 Å². The van der Waals surface area contributed by atoms with Crippen molar-refractivity contribution in [2.75, 3.05) is 32.7 Å². The van der Waals surface area contributed by atoms with E-state index in [-0.39, 0.29) is 6.10 Å². The van der Waals surface area contributed by atoms with Gasteiger partial charge in [0.25, 0.3) is 0 Å². The molecule has 0 aromatic carbocycles. The molecule has 0 aliphatic carbocycles. The fourth-order valence-corrected chi connectivity index (χ4v) is 3.90. The first-order valence-electron chi connectivity index (χ1n) is 7.53. The van der Waals surface area contributed by atoms with Crippen LogP contribution in [0.2, 0.25) is 4.34 Å². The van der Waals surface area contributed by atoms with Crippen molar-refractivity contribution in [2.24, 2.45) is 0 Å². The van der Waals surface area contributed by atoms with Crippen LogP contribution in [0.3, 0.4) is 0 Å². The molecule has 7 heteroatoms. The number of aromatic nitrogens is 2. The molecule has 1 saturated heterocycles. The van der Waals surface area contributed by atoms with Crippen LogP contribution in [0.15, 0.2) is 30.6 Å². The molecule has 3 heterocycles. The first-order chi connectivity index (χ1) is 10.7. The molecule has 0 saturated carbocycles. The summed E-state index contributed by atoms with van der Waals surface area (Å²) in [4.78, 5) is 6.09. The Balaban J connectivity index is 1.39. The van der Waals surface area contributed by atoms with Gasteiger partial charge < -0.3 is 5.11 Å². The highest BCUT2D eigenvalue weighted by Crippen LogP contribution is 2.23. The van der Waals surface area contributed by atoms with Crippen LogP contribution in [0.4, 0.5) is 0 Å². The third kappa shape index (κ3) is 4.54. The molecule has 0 bridgehead atoms. The van der Waals surface area contributed by atoms with Crippen molar-refractivity contribution in [3.05, 3.63) is 39.8 Å². The Morgan fingerprint density at radius 1 is 1.18 bits per heavy atom. The molecule has 1 atom stereocenters. The van der Waals surface area contributed by atoms with Crippen molar-refractivity contribution in [1.82, 2.24) is 19.6 Å². The Morgan fingerprint density at radius 3 is 2.59 bits per heavy atom. The van der Waals surface area contributed by atoms with Gasteiger partial charge in [-0.2, -0.15) is 5.10 Å². The fourth-order valence-electron chi connectivity index (χ4n) is 2.77. The van der Waals surface area contributed by atoms with Crippen molar-refractivity contribution in [1.29, 1.82) is 0 Å². The molecule has 1 aliphatic heterocycles. The number of hydrogen-bond donors (Lipinski definition) is 1. The Morgan fingerprint density at radius 2 is 1.95 bits per heavy atom. The van der Waals surface area contributed by atoms with Gasteiger partial charge in [-0.15, -0.1) is 11.3 Å². The van der Waals surface area contributed by atoms with Gasteiger partial charge in [0.2, 0.25) is 0 Å². The lowest BCUT2D eigenvalue weighted by molar-refractivity contribution is 0.0608. The third-order valence-electron chi connectivity index (χ3n) is 3.90. The first kappa shape index (κ1) is 16.0. The Bertz CT molecular complexity index is 566. The van der Waals surface area contributed by atoms with E-state index in [1.807, 2.05) is 18.3 Å². The fraction of sp³-hybridized carbons (Fsp3) is 0.533. The maximum Gasteiger partial charge on any atom is 0.0931 e. The van der Waals surface area contributed by atoms with E-state index in [1.54, 1.807) is 22.2 Å². The van der Waals surface area contributed by atoms with Crippen LogP contribution in [0, 0.1) is 0 Å². The number of aliphatic hydroxyl groups is 1. The van der Waals surface area contributed by atoms with E-state index in [1.165, 1.54) is 4.88 Å². The van der Waals surface area contributed by atoms with Crippen LogP contribution < -0.4 is 0 Å². The lowest BCUT2D eigenvalue weighted by Gasteiger charge is -2.35. The van der Waals surface area contributed by atoms with Crippen molar-refractivity contribution in [3.8, 4) is 0 Å². The molecule has 0 radical (unpaired) electrons. The SMILES string of the molecule is O[C@H](CN1CCN(Cc2ccc(Cl)s2)CC1)Cn1cccn1. The van der Waals surface area contributed by atoms with Gasteiger partial charge in [0.15, 0.2) is 0 Å². The minimum absolute atomic E-state index is 0.373. The standard InChI is InChI=1S/C15H21ClN4OS/c16-15-3-2-14(22-15)12-19-8-6-18(7-9-19)10-13(21)11-20-5-1-4-17-20/h1-5,13,21H,6-12H2/t13-/m1/s1. The summed E-state index contributed by atoms with van der Waals surface area (Å²) in [6.07, 6.45) is 3.25. The third-order valence-corrected chi connectivity index (χ3v) is 5.12. The second kappa shape index (κ2) is 7.57. The zero-order valence-corrected chi connectivity index (χ0v) is 14.0. The molecule has 1 N–H and O–H groups in total. The van der Waals surface area contributed by atoms with Gasteiger partial charge in [0.05, 0.1) is 17.0 Å². The van der Waals surface area contributed by atoms with E-state index in [0.717, 1.165) is 37.1 Å². The maximum atomic E-state index is 10.1. The lowest BCUT2D eigenvalue weighted by atomic mass is 10.2. The monoisotopic (exact) mass is 340 g/mol. The zero-order valence-electron chi connectivity index (χ0n) is 12.4. The quantitative estimate of drug-likeness (QED) is 0.870. The highest BCUT2D eigenvalue weighted by Gasteiger charge is 2.19. The second-order valence-corrected chi connectivity index (χ2v) is 7.46. The second-order valence-electron chi connectivity index (χ2n) is 5.66. The molecular formula is C15H21ClN4OS. The molecule has 0 unspecified atom stereocenters. The summed E-state index contributed by atoms with van der Waals surface area (Å²) in [5, 5.41) is 14.3. The molecular weight excluding hydrogens is 320 g/mol. The van der Waals surface area contributed by atoms with Gasteiger partial charge >= 0.3 is 0 Å². The highest BCUT2D eigenvalue weighted by atomic mass is 35.5. The van der Waals surface area contributed by atoms with E-state index in [4.69, 9.17) is 11.6 Å². The van der Waals surface area contributed by atoms with Crippen molar-refractivity contribution < 1.29 is 5.11 Å². The molecule has 2 aromatic rings. The summed E-state index contributed by atoms with van der Waals surface area (Å²) >= 11 is 7.63. The summed E-state index contributed by atoms with van der Waals surface area (Å²) in [6.45, 7) is 6.29. The number of thiophene rings is 1. The number of halogens is 1. The van der Waals surface area contributed by atoms with E-state index >= 15 is 0 Å². The molecule has 2 aromatic heterocycles. The van der Waals surface area contributed by atoms with Gasteiger partial charge in [-0.05, 0) is 18.2 Å². The predicted octanol–water partition coefficient (Wildman–Crippen LogP) is 1.78. The smallest absolute Gasteiger partial charge is 0.0931 e. The topological polar surface area (TPSA) is 44.5 Å². The molecule has 1 fully saturated rings. The van der Waals surface area contributed by atoms with Crippen LogP contribution in [-0.4, -0.2) is 63.5 Å². The van der Waals surface area contributed by atoms with Crippen molar-refractivity contribution in [2.45, 2.75) is 19.2 Å². The van der Waals surface area contributed by atoms with Gasteiger partial charge in [-0.25, -0.2) is 0 Å². The van der Waals surface area contributed by atoms with E-state index in [2.05, 4.69) is 21.0 Å². The molecule has 0 amide bonds. The Hall–Kier alpha value is -0.920. The first-order valence-corrected chi connectivity index (χ1v) is 8.73. The zero-order chi connectivity index (χ0) is 15.4. The molecule has 1 aliphatic rings. The van der Waals surface area contributed by atoms with Gasteiger partial charge in [0.1, 0.15) is 0 Å². The Labute approximate surface area is 139 Å². The van der Waals surface area contributed by atoms with E-state index < -0.39 is 0 Å². The van der Waals surface area contributed by atoms with Gasteiger partial charge in [-0.1, -0.05) is 11.6 Å². The van der Waals surface area contributed by atoms with Crippen molar-refractivity contribution >= 4 is 22.9 Å². The lowest BCUT2D eigenvalue weighted by Crippen LogP contribution is -2.48. The average molecular weight is 341 g/mol. The largest absolute Gasteiger partial charge is 0.390 e. The molecule has 3 rings (SSSR count).